The van der Waals surface area contributed by atoms with Gasteiger partial charge in [0.2, 0.25) is 11.8 Å². The average molecular weight is 225 g/mol. The zero-order valence-corrected chi connectivity index (χ0v) is 10.3. The molecule has 0 saturated carbocycles. The van der Waals surface area contributed by atoms with E-state index < -0.39 is 0 Å². The average Bonchev–Trinajstić information content (AvgIpc) is 2.16. The van der Waals surface area contributed by atoms with Gasteiger partial charge in [-0.2, -0.15) is 4.98 Å². The molecule has 2 N–H and O–H groups in total. The maximum Gasteiger partial charge on any atom is 0.223 e. The number of aryl methyl sites for hydroxylation is 1. The van der Waals surface area contributed by atoms with Crippen LogP contribution in [0.3, 0.4) is 0 Å². The number of ether oxygens (including phenoxy) is 2. The highest BCUT2D eigenvalue weighted by atomic mass is 16.5. The van der Waals surface area contributed by atoms with Gasteiger partial charge in [-0.05, 0) is 27.7 Å². The van der Waals surface area contributed by atoms with Crippen LogP contribution in [0.1, 0.15) is 26.3 Å². The van der Waals surface area contributed by atoms with Crippen LogP contribution < -0.4 is 10.5 Å². The standard InChI is InChI=1S/C11H19N3O2/c1-8-7-13-10(12)14-9(8)15-5-6-16-11(2,3)4/h7H,5-6H2,1-4H3,(H2,12,13,14). The number of hydrogen-bond donors (Lipinski definition) is 1. The smallest absolute Gasteiger partial charge is 0.223 e. The first-order valence-corrected chi connectivity index (χ1v) is 5.24. The molecule has 0 aliphatic rings. The Kier molecular flexibility index (Phi) is 4.06. The Bertz CT molecular complexity index is 348. The molecule has 1 aromatic heterocycles. The summed E-state index contributed by atoms with van der Waals surface area (Å²) in [6.07, 6.45) is 1.64. The molecule has 0 aliphatic heterocycles. The van der Waals surface area contributed by atoms with Gasteiger partial charge in [0, 0.05) is 11.8 Å². The van der Waals surface area contributed by atoms with Gasteiger partial charge < -0.3 is 15.2 Å². The predicted octanol–water partition coefficient (Wildman–Crippen LogP) is 1.56. The number of nitrogens with two attached hydrogens (primary N) is 1. The summed E-state index contributed by atoms with van der Waals surface area (Å²) < 4.78 is 11.0. The van der Waals surface area contributed by atoms with E-state index in [0.29, 0.717) is 19.1 Å². The van der Waals surface area contributed by atoms with Crippen LogP contribution in [-0.4, -0.2) is 28.8 Å². The lowest BCUT2D eigenvalue weighted by molar-refractivity contribution is -0.0168. The number of aromatic nitrogens is 2. The van der Waals surface area contributed by atoms with E-state index in [1.165, 1.54) is 0 Å². The Labute approximate surface area is 96.0 Å². The fourth-order valence-electron chi connectivity index (χ4n) is 1.07. The van der Waals surface area contributed by atoms with Crippen LogP contribution in [0.15, 0.2) is 6.20 Å². The summed E-state index contributed by atoms with van der Waals surface area (Å²) in [6, 6.07) is 0. The second-order valence-corrected chi connectivity index (χ2v) is 4.53. The molecule has 16 heavy (non-hydrogen) atoms. The molecular weight excluding hydrogens is 206 g/mol. The van der Waals surface area contributed by atoms with Crippen LogP contribution in [-0.2, 0) is 4.74 Å². The fraction of sp³-hybridized carbons (Fsp3) is 0.636. The van der Waals surface area contributed by atoms with Crippen molar-refractivity contribution in [1.29, 1.82) is 0 Å². The predicted molar refractivity (Wildman–Crippen MR) is 62.4 cm³/mol. The molecule has 5 heteroatoms. The molecule has 90 valence electrons. The van der Waals surface area contributed by atoms with Crippen molar-refractivity contribution in [3.8, 4) is 5.88 Å². The van der Waals surface area contributed by atoms with Gasteiger partial charge in [0.05, 0.1) is 12.2 Å². The molecule has 5 nitrogen and oxygen atoms in total. The molecule has 1 aromatic rings. The van der Waals surface area contributed by atoms with E-state index in [1.807, 2.05) is 27.7 Å². The van der Waals surface area contributed by atoms with E-state index in [9.17, 15) is 0 Å². The maximum atomic E-state index is 5.52. The first kappa shape index (κ1) is 12.7. The zero-order valence-electron chi connectivity index (χ0n) is 10.3. The summed E-state index contributed by atoms with van der Waals surface area (Å²) in [5.41, 5.74) is 6.18. The van der Waals surface area contributed by atoms with E-state index in [-0.39, 0.29) is 11.5 Å². The molecule has 0 saturated heterocycles. The third kappa shape index (κ3) is 4.44. The topological polar surface area (TPSA) is 70.3 Å². The summed E-state index contributed by atoms with van der Waals surface area (Å²) in [5, 5.41) is 0. The Balaban J connectivity index is 2.40. The molecule has 0 amide bonds. The van der Waals surface area contributed by atoms with Crippen molar-refractivity contribution in [2.75, 3.05) is 18.9 Å². The number of hydrogen-bond acceptors (Lipinski definition) is 5. The summed E-state index contributed by atoms with van der Waals surface area (Å²) in [4.78, 5) is 7.86. The molecule has 0 atom stereocenters. The van der Waals surface area contributed by atoms with Gasteiger partial charge in [-0.15, -0.1) is 0 Å². The van der Waals surface area contributed by atoms with Gasteiger partial charge in [0.1, 0.15) is 6.61 Å². The van der Waals surface area contributed by atoms with Gasteiger partial charge in [-0.1, -0.05) is 0 Å². The van der Waals surface area contributed by atoms with Gasteiger partial charge >= 0.3 is 0 Å². The van der Waals surface area contributed by atoms with Crippen molar-refractivity contribution in [1.82, 2.24) is 9.97 Å². The molecule has 1 heterocycles. The molecule has 1 rings (SSSR count). The normalized spacial score (nSPS) is 11.5. The van der Waals surface area contributed by atoms with Gasteiger partial charge in [-0.3, -0.25) is 0 Å². The molecule has 0 aliphatic carbocycles. The highest BCUT2D eigenvalue weighted by Crippen LogP contribution is 2.13. The Morgan fingerprint density at radius 1 is 1.31 bits per heavy atom. The van der Waals surface area contributed by atoms with E-state index in [1.54, 1.807) is 6.20 Å². The number of nitrogens with zero attached hydrogens (tertiary/aromatic N) is 2. The monoisotopic (exact) mass is 225 g/mol. The third-order valence-corrected chi connectivity index (χ3v) is 1.80. The fourth-order valence-corrected chi connectivity index (χ4v) is 1.07. The molecular formula is C11H19N3O2. The summed E-state index contributed by atoms with van der Waals surface area (Å²) in [6.45, 7) is 8.85. The van der Waals surface area contributed by atoms with Gasteiger partial charge in [0.25, 0.3) is 0 Å². The van der Waals surface area contributed by atoms with Crippen LogP contribution in [0.5, 0.6) is 5.88 Å². The molecule has 0 spiro atoms. The van der Waals surface area contributed by atoms with Crippen LogP contribution in [0.4, 0.5) is 5.95 Å². The second-order valence-electron chi connectivity index (χ2n) is 4.53. The maximum absolute atomic E-state index is 5.52. The summed E-state index contributed by atoms with van der Waals surface area (Å²) >= 11 is 0. The van der Waals surface area contributed by atoms with Crippen molar-refractivity contribution >= 4 is 5.95 Å². The van der Waals surface area contributed by atoms with E-state index in [4.69, 9.17) is 15.2 Å². The minimum absolute atomic E-state index is 0.150. The van der Waals surface area contributed by atoms with Crippen LogP contribution in [0.2, 0.25) is 0 Å². The van der Waals surface area contributed by atoms with Crippen LogP contribution >= 0.6 is 0 Å². The van der Waals surface area contributed by atoms with Gasteiger partial charge in [-0.25, -0.2) is 4.98 Å². The van der Waals surface area contributed by atoms with Crippen LogP contribution in [0.25, 0.3) is 0 Å². The van der Waals surface area contributed by atoms with Crippen molar-refractivity contribution < 1.29 is 9.47 Å². The zero-order chi connectivity index (χ0) is 12.2. The number of nitrogen functional groups attached to an aromatic ring is 1. The first-order chi connectivity index (χ1) is 7.38. The van der Waals surface area contributed by atoms with Gasteiger partial charge in [0.15, 0.2) is 0 Å². The van der Waals surface area contributed by atoms with E-state index in [2.05, 4.69) is 9.97 Å². The Morgan fingerprint density at radius 3 is 2.62 bits per heavy atom. The Morgan fingerprint density at radius 2 is 2.00 bits per heavy atom. The SMILES string of the molecule is Cc1cnc(N)nc1OCCOC(C)(C)C. The van der Waals surface area contributed by atoms with Crippen molar-refractivity contribution in [3.05, 3.63) is 11.8 Å². The van der Waals surface area contributed by atoms with Crippen molar-refractivity contribution in [3.63, 3.8) is 0 Å². The lowest BCUT2D eigenvalue weighted by atomic mass is 10.2. The molecule has 0 fully saturated rings. The molecule has 0 unspecified atom stereocenters. The minimum Gasteiger partial charge on any atom is -0.475 e. The quantitative estimate of drug-likeness (QED) is 0.787. The van der Waals surface area contributed by atoms with E-state index >= 15 is 0 Å². The van der Waals surface area contributed by atoms with Crippen molar-refractivity contribution in [2.24, 2.45) is 0 Å². The summed E-state index contributed by atoms with van der Waals surface area (Å²) in [7, 11) is 0. The third-order valence-electron chi connectivity index (χ3n) is 1.80. The summed E-state index contributed by atoms with van der Waals surface area (Å²) in [5.74, 6) is 0.738. The highest BCUT2D eigenvalue weighted by Gasteiger charge is 2.10. The number of rotatable bonds is 4. The first-order valence-electron chi connectivity index (χ1n) is 5.24. The highest BCUT2D eigenvalue weighted by molar-refractivity contribution is 5.28. The number of anilines is 1. The lowest BCUT2D eigenvalue weighted by Gasteiger charge is -2.19. The van der Waals surface area contributed by atoms with Crippen molar-refractivity contribution in [2.45, 2.75) is 33.3 Å². The molecule has 0 bridgehead atoms. The minimum atomic E-state index is -0.150. The molecule has 0 aromatic carbocycles. The largest absolute Gasteiger partial charge is 0.475 e. The van der Waals surface area contributed by atoms with E-state index in [0.717, 1.165) is 5.56 Å². The Hall–Kier alpha value is -1.36. The second kappa shape index (κ2) is 5.12. The van der Waals surface area contributed by atoms with Crippen LogP contribution in [0, 0.1) is 6.92 Å². The lowest BCUT2D eigenvalue weighted by Crippen LogP contribution is -2.22. The molecule has 0 radical (unpaired) electrons.